The SMILES string of the molecule is Cc1cnc(OC[C@@H]2CCN(C(=O)OC(C)(C)C)C2)nc1Cl. The minimum Gasteiger partial charge on any atom is -0.463 e. The molecule has 0 N–H and O–H groups in total. The molecule has 1 aliphatic rings. The fourth-order valence-corrected chi connectivity index (χ4v) is 2.25. The van der Waals surface area contributed by atoms with E-state index in [9.17, 15) is 4.79 Å². The van der Waals surface area contributed by atoms with Crippen molar-refractivity contribution in [1.82, 2.24) is 14.9 Å². The quantitative estimate of drug-likeness (QED) is 0.798. The Bertz CT molecular complexity index is 545. The van der Waals surface area contributed by atoms with Gasteiger partial charge in [0.15, 0.2) is 0 Å². The summed E-state index contributed by atoms with van der Waals surface area (Å²) in [5.74, 6) is 0.246. The first-order chi connectivity index (χ1) is 10.2. The number of carbonyl (C=O) groups is 1. The number of likely N-dealkylation sites (tertiary alicyclic amines) is 1. The third-order valence-electron chi connectivity index (χ3n) is 3.27. The maximum atomic E-state index is 12.0. The van der Waals surface area contributed by atoms with Gasteiger partial charge in [0.1, 0.15) is 10.8 Å². The van der Waals surface area contributed by atoms with Crippen LogP contribution >= 0.6 is 11.6 Å². The van der Waals surface area contributed by atoms with Crippen LogP contribution in [0.3, 0.4) is 0 Å². The molecule has 1 aromatic heterocycles. The van der Waals surface area contributed by atoms with Crippen LogP contribution in [0.5, 0.6) is 6.01 Å². The second-order valence-corrected chi connectivity index (χ2v) is 6.88. The van der Waals surface area contributed by atoms with Gasteiger partial charge in [0.2, 0.25) is 0 Å². The summed E-state index contributed by atoms with van der Waals surface area (Å²) in [5, 5.41) is 0.395. The first-order valence-electron chi connectivity index (χ1n) is 7.34. The van der Waals surface area contributed by atoms with E-state index in [4.69, 9.17) is 21.1 Å². The molecule has 1 aliphatic heterocycles. The molecule has 0 saturated carbocycles. The van der Waals surface area contributed by atoms with Crippen molar-refractivity contribution in [3.8, 4) is 6.01 Å². The van der Waals surface area contributed by atoms with Gasteiger partial charge in [-0.3, -0.25) is 0 Å². The lowest BCUT2D eigenvalue weighted by Crippen LogP contribution is -2.35. The van der Waals surface area contributed by atoms with E-state index < -0.39 is 5.60 Å². The van der Waals surface area contributed by atoms with Gasteiger partial charge in [-0.1, -0.05) is 11.6 Å². The third-order valence-corrected chi connectivity index (χ3v) is 3.66. The zero-order valence-electron chi connectivity index (χ0n) is 13.4. The van der Waals surface area contributed by atoms with Crippen molar-refractivity contribution in [2.45, 2.75) is 39.7 Å². The number of nitrogens with zero attached hydrogens (tertiary/aromatic N) is 3. The molecule has 0 radical (unpaired) electrons. The lowest BCUT2D eigenvalue weighted by Gasteiger charge is -2.24. The number of aryl methyl sites for hydroxylation is 1. The Balaban J connectivity index is 1.81. The van der Waals surface area contributed by atoms with Crippen molar-refractivity contribution in [1.29, 1.82) is 0 Å². The van der Waals surface area contributed by atoms with E-state index in [1.165, 1.54) is 0 Å². The van der Waals surface area contributed by atoms with Crippen LogP contribution in [0.1, 0.15) is 32.8 Å². The van der Waals surface area contributed by atoms with Gasteiger partial charge < -0.3 is 14.4 Å². The van der Waals surface area contributed by atoms with E-state index in [2.05, 4.69) is 9.97 Å². The monoisotopic (exact) mass is 327 g/mol. The fourth-order valence-electron chi connectivity index (χ4n) is 2.13. The van der Waals surface area contributed by atoms with Crippen LogP contribution in [0.2, 0.25) is 5.15 Å². The molecule has 7 heteroatoms. The molecule has 0 spiro atoms. The summed E-state index contributed by atoms with van der Waals surface area (Å²) in [4.78, 5) is 21.8. The highest BCUT2D eigenvalue weighted by molar-refractivity contribution is 6.30. The normalized spacial score (nSPS) is 18.4. The predicted molar refractivity (Wildman–Crippen MR) is 83.2 cm³/mol. The molecule has 2 heterocycles. The molecule has 6 nitrogen and oxygen atoms in total. The predicted octanol–water partition coefficient (Wildman–Crippen LogP) is 3.07. The van der Waals surface area contributed by atoms with Gasteiger partial charge in [-0.15, -0.1) is 0 Å². The van der Waals surface area contributed by atoms with Gasteiger partial charge in [-0.05, 0) is 34.1 Å². The van der Waals surface area contributed by atoms with Crippen LogP contribution in [-0.4, -0.2) is 46.3 Å². The summed E-state index contributed by atoms with van der Waals surface area (Å²) in [5.41, 5.74) is 0.337. The maximum absolute atomic E-state index is 12.0. The van der Waals surface area contributed by atoms with Crippen LogP contribution in [0.15, 0.2) is 6.20 Å². The summed E-state index contributed by atoms with van der Waals surface area (Å²) in [6.45, 7) is 9.17. The Kier molecular flexibility index (Phi) is 5.11. The first kappa shape index (κ1) is 16.8. The summed E-state index contributed by atoms with van der Waals surface area (Å²) < 4.78 is 10.9. The van der Waals surface area contributed by atoms with Gasteiger partial charge in [0.25, 0.3) is 0 Å². The van der Waals surface area contributed by atoms with Crippen molar-refractivity contribution < 1.29 is 14.3 Å². The van der Waals surface area contributed by atoms with E-state index in [0.29, 0.717) is 24.8 Å². The molecule has 1 aromatic rings. The van der Waals surface area contributed by atoms with Crippen LogP contribution in [0, 0.1) is 12.8 Å². The van der Waals surface area contributed by atoms with Crippen LogP contribution in [0.25, 0.3) is 0 Å². The minimum absolute atomic E-state index is 0.246. The van der Waals surface area contributed by atoms with Crippen molar-refractivity contribution >= 4 is 17.7 Å². The molecular weight excluding hydrogens is 306 g/mol. The first-order valence-corrected chi connectivity index (χ1v) is 7.72. The summed E-state index contributed by atoms with van der Waals surface area (Å²) in [7, 11) is 0. The topological polar surface area (TPSA) is 64.5 Å². The number of amides is 1. The second-order valence-electron chi connectivity index (χ2n) is 6.52. The Hall–Kier alpha value is -1.56. The average Bonchev–Trinajstić information content (AvgIpc) is 2.87. The largest absolute Gasteiger partial charge is 0.463 e. The minimum atomic E-state index is -0.474. The Labute approximate surface area is 135 Å². The van der Waals surface area contributed by atoms with Crippen molar-refractivity contribution in [2.24, 2.45) is 5.92 Å². The molecule has 0 unspecified atom stereocenters. The second kappa shape index (κ2) is 6.69. The molecule has 0 bridgehead atoms. The van der Waals surface area contributed by atoms with Crippen LogP contribution in [-0.2, 0) is 4.74 Å². The highest BCUT2D eigenvalue weighted by Crippen LogP contribution is 2.21. The van der Waals surface area contributed by atoms with E-state index in [1.54, 1.807) is 11.1 Å². The highest BCUT2D eigenvalue weighted by atomic mass is 35.5. The van der Waals surface area contributed by atoms with Crippen molar-refractivity contribution in [3.05, 3.63) is 16.9 Å². The molecule has 2 rings (SSSR count). The standard InChI is InChI=1S/C15H22ClN3O3/c1-10-7-17-13(18-12(10)16)21-9-11-5-6-19(8-11)14(20)22-15(2,3)4/h7,11H,5-6,8-9H2,1-4H3/t11-/m1/s1. The number of halogens is 1. The zero-order chi connectivity index (χ0) is 16.3. The summed E-state index contributed by atoms with van der Waals surface area (Å²) in [6, 6.07) is 0.270. The molecule has 1 amide bonds. The fraction of sp³-hybridized carbons (Fsp3) is 0.667. The molecule has 1 saturated heterocycles. The summed E-state index contributed by atoms with van der Waals surface area (Å²) >= 11 is 5.93. The van der Waals surface area contributed by atoms with Gasteiger partial charge in [0, 0.05) is 30.8 Å². The number of rotatable bonds is 3. The Morgan fingerprint density at radius 3 is 2.86 bits per heavy atom. The lowest BCUT2D eigenvalue weighted by atomic mass is 10.1. The van der Waals surface area contributed by atoms with E-state index in [-0.39, 0.29) is 18.0 Å². The Morgan fingerprint density at radius 1 is 1.50 bits per heavy atom. The van der Waals surface area contributed by atoms with Gasteiger partial charge in [-0.25, -0.2) is 9.78 Å². The molecule has 1 atom stereocenters. The van der Waals surface area contributed by atoms with Crippen molar-refractivity contribution in [3.63, 3.8) is 0 Å². The molecule has 0 aliphatic carbocycles. The van der Waals surface area contributed by atoms with E-state index >= 15 is 0 Å². The number of hydrogen-bond acceptors (Lipinski definition) is 5. The van der Waals surface area contributed by atoms with Crippen LogP contribution in [0.4, 0.5) is 4.79 Å². The molecular formula is C15H22ClN3O3. The zero-order valence-corrected chi connectivity index (χ0v) is 14.2. The number of aromatic nitrogens is 2. The smallest absolute Gasteiger partial charge is 0.410 e. The third kappa shape index (κ3) is 4.73. The maximum Gasteiger partial charge on any atom is 0.410 e. The number of carbonyl (C=O) groups excluding carboxylic acids is 1. The van der Waals surface area contributed by atoms with Crippen LogP contribution < -0.4 is 4.74 Å². The van der Waals surface area contributed by atoms with Gasteiger partial charge in [-0.2, -0.15) is 4.98 Å². The van der Waals surface area contributed by atoms with E-state index in [1.807, 2.05) is 27.7 Å². The average molecular weight is 328 g/mol. The van der Waals surface area contributed by atoms with Gasteiger partial charge in [0.05, 0.1) is 6.61 Å². The molecule has 1 fully saturated rings. The highest BCUT2D eigenvalue weighted by Gasteiger charge is 2.30. The number of hydrogen-bond donors (Lipinski definition) is 0. The van der Waals surface area contributed by atoms with Gasteiger partial charge >= 0.3 is 12.1 Å². The van der Waals surface area contributed by atoms with Crippen molar-refractivity contribution in [2.75, 3.05) is 19.7 Å². The molecule has 22 heavy (non-hydrogen) atoms. The molecule has 122 valence electrons. The lowest BCUT2D eigenvalue weighted by molar-refractivity contribution is 0.0284. The molecule has 0 aromatic carbocycles. The summed E-state index contributed by atoms with van der Waals surface area (Å²) in [6.07, 6.45) is 2.23. The number of ether oxygens (including phenoxy) is 2. The van der Waals surface area contributed by atoms with E-state index in [0.717, 1.165) is 12.0 Å². The Morgan fingerprint density at radius 2 is 2.23 bits per heavy atom.